The van der Waals surface area contributed by atoms with Gasteiger partial charge in [0, 0.05) is 6.92 Å². The third kappa shape index (κ3) is 29.5. The molecule has 0 rings (SSSR count). The van der Waals surface area contributed by atoms with Crippen LogP contribution in [0.5, 0.6) is 0 Å². The highest BCUT2D eigenvalue weighted by atomic mass is 16.4. The van der Waals surface area contributed by atoms with Crippen LogP contribution < -0.4 is 0 Å². The van der Waals surface area contributed by atoms with Crippen LogP contribution in [0.15, 0.2) is 12.2 Å². The molecule has 0 atom stereocenters. The highest BCUT2D eigenvalue weighted by Gasteiger charge is 1.87. The number of aliphatic carboxylic acids is 1. The summed E-state index contributed by atoms with van der Waals surface area (Å²) in [4.78, 5) is 9.00. The first-order chi connectivity index (χ1) is 8.65. The van der Waals surface area contributed by atoms with Gasteiger partial charge >= 0.3 is 0 Å². The highest BCUT2D eigenvalue weighted by molar-refractivity contribution is 5.62. The molecular formula is C16H32O2. The number of hydrogen-bond acceptors (Lipinski definition) is 1. The molecule has 2 nitrogen and oxygen atoms in total. The second kappa shape index (κ2) is 18.6. The van der Waals surface area contributed by atoms with E-state index in [1.54, 1.807) is 0 Å². The Morgan fingerprint density at radius 2 is 1.22 bits per heavy atom. The third-order valence-electron chi connectivity index (χ3n) is 2.62. The number of unbranched alkanes of at least 4 members (excludes halogenated alkanes) is 8. The van der Waals surface area contributed by atoms with E-state index in [1.807, 2.05) is 0 Å². The van der Waals surface area contributed by atoms with Gasteiger partial charge in [-0.25, -0.2) is 0 Å². The Bertz CT molecular complexity index is 182. The van der Waals surface area contributed by atoms with Gasteiger partial charge in [-0.05, 0) is 19.3 Å². The zero-order chi connectivity index (χ0) is 14.1. The Kier molecular flexibility index (Phi) is 20.2. The lowest BCUT2D eigenvalue weighted by Crippen LogP contribution is -1.78. The van der Waals surface area contributed by atoms with Gasteiger partial charge < -0.3 is 5.11 Å². The fourth-order valence-corrected chi connectivity index (χ4v) is 1.60. The first kappa shape index (κ1) is 19.5. The van der Waals surface area contributed by atoms with E-state index in [0.717, 1.165) is 6.92 Å². The Balaban J connectivity index is 0. The summed E-state index contributed by atoms with van der Waals surface area (Å²) in [6.45, 7) is 5.61. The van der Waals surface area contributed by atoms with Crippen LogP contribution in [0.2, 0.25) is 0 Å². The van der Waals surface area contributed by atoms with Crippen molar-refractivity contribution in [3.8, 4) is 0 Å². The van der Waals surface area contributed by atoms with Crippen LogP contribution in [0.4, 0.5) is 0 Å². The van der Waals surface area contributed by atoms with Crippen molar-refractivity contribution in [2.45, 2.75) is 85.0 Å². The summed E-state index contributed by atoms with van der Waals surface area (Å²) in [6.07, 6.45) is 18.5. The first-order valence-electron chi connectivity index (χ1n) is 7.49. The van der Waals surface area contributed by atoms with E-state index in [-0.39, 0.29) is 0 Å². The van der Waals surface area contributed by atoms with Gasteiger partial charge in [-0.2, -0.15) is 0 Å². The van der Waals surface area contributed by atoms with Gasteiger partial charge in [0.05, 0.1) is 0 Å². The lowest BCUT2D eigenvalue weighted by Gasteiger charge is -1.97. The molecule has 0 aromatic carbocycles. The van der Waals surface area contributed by atoms with Crippen LogP contribution >= 0.6 is 0 Å². The summed E-state index contributed by atoms with van der Waals surface area (Å²) < 4.78 is 0. The van der Waals surface area contributed by atoms with Crippen molar-refractivity contribution in [2.24, 2.45) is 0 Å². The Hall–Kier alpha value is -0.790. The van der Waals surface area contributed by atoms with Gasteiger partial charge in [0.15, 0.2) is 0 Å². The topological polar surface area (TPSA) is 37.3 Å². The van der Waals surface area contributed by atoms with E-state index < -0.39 is 5.97 Å². The van der Waals surface area contributed by atoms with E-state index in [9.17, 15) is 0 Å². The molecule has 0 amide bonds. The minimum Gasteiger partial charge on any atom is -0.481 e. The Labute approximate surface area is 113 Å². The van der Waals surface area contributed by atoms with Gasteiger partial charge in [-0.3, -0.25) is 4.79 Å². The number of hydrogen-bond donors (Lipinski definition) is 1. The molecule has 1 N–H and O–H groups in total. The Morgan fingerprint density at radius 3 is 1.72 bits per heavy atom. The normalized spacial score (nSPS) is 10.2. The quantitative estimate of drug-likeness (QED) is 0.409. The number of allylic oxidation sites excluding steroid dienone is 2. The molecule has 0 bridgehead atoms. The molecule has 0 radical (unpaired) electrons. The Morgan fingerprint density at radius 1 is 0.833 bits per heavy atom. The fourth-order valence-electron chi connectivity index (χ4n) is 1.60. The summed E-state index contributed by atoms with van der Waals surface area (Å²) in [6, 6.07) is 0. The maximum atomic E-state index is 9.00. The predicted octanol–water partition coefficient (Wildman–Crippen LogP) is 5.57. The average Bonchev–Trinajstić information content (AvgIpc) is 2.31. The third-order valence-corrected chi connectivity index (χ3v) is 2.62. The maximum absolute atomic E-state index is 9.00. The summed E-state index contributed by atoms with van der Waals surface area (Å²) in [5.74, 6) is -0.833. The maximum Gasteiger partial charge on any atom is 0.300 e. The van der Waals surface area contributed by atoms with Crippen LogP contribution in [0.3, 0.4) is 0 Å². The lowest BCUT2D eigenvalue weighted by atomic mass is 10.1. The molecule has 108 valence electrons. The lowest BCUT2D eigenvalue weighted by molar-refractivity contribution is -0.134. The summed E-state index contributed by atoms with van der Waals surface area (Å²) >= 11 is 0. The first-order valence-corrected chi connectivity index (χ1v) is 7.49. The number of carbonyl (C=O) groups is 1. The zero-order valence-corrected chi connectivity index (χ0v) is 12.6. The van der Waals surface area contributed by atoms with Gasteiger partial charge in [-0.1, -0.05) is 70.9 Å². The average molecular weight is 256 g/mol. The molecule has 0 aliphatic rings. The number of carboxylic acid groups (broad SMARTS) is 1. The molecule has 0 saturated carbocycles. The van der Waals surface area contributed by atoms with E-state index >= 15 is 0 Å². The second-order valence-corrected chi connectivity index (χ2v) is 4.69. The minimum atomic E-state index is -0.833. The molecule has 0 aromatic rings. The number of carboxylic acids is 1. The molecule has 18 heavy (non-hydrogen) atoms. The molecule has 2 heteroatoms. The zero-order valence-electron chi connectivity index (χ0n) is 12.6. The van der Waals surface area contributed by atoms with E-state index in [2.05, 4.69) is 26.0 Å². The van der Waals surface area contributed by atoms with Crippen LogP contribution in [-0.4, -0.2) is 11.1 Å². The van der Waals surface area contributed by atoms with Crippen molar-refractivity contribution in [3.63, 3.8) is 0 Å². The van der Waals surface area contributed by atoms with Crippen molar-refractivity contribution in [1.82, 2.24) is 0 Å². The molecule has 0 saturated heterocycles. The van der Waals surface area contributed by atoms with E-state index in [1.165, 1.54) is 64.2 Å². The smallest absolute Gasteiger partial charge is 0.300 e. The van der Waals surface area contributed by atoms with Crippen LogP contribution in [0.25, 0.3) is 0 Å². The van der Waals surface area contributed by atoms with Crippen LogP contribution in [0.1, 0.15) is 85.0 Å². The standard InChI is InChI=1S/C14H28.C2H4O2/c1-3-5-7-9-11-13-14-12-10-8-6-4-2;1-2(3)4/h9,11H,3-8,10,12-14H2,1-2H3;1H3,(H,3,4)/b11-9+;. The second-order valence-electron chi connectivity index (χ2n) is 4.69. The molecule has 0 aliphatic carbocycles. The summed E-state index contributed by atoms with van der Waals surface area (Å²) in [5, 5.41) is 7.42. The largest absolute Gasteiger partial charge is 0.481 e. The van der Waals surface area contributed by atoms with Gasteiger partial charge in [0.1, 0.15) is 0 Å². The number of rotatable bonds is 10. The molecule has 0 aromatic heterocycles. The van der Waals surface area contributed by atoms with Crippen molar-refractivity contribution >= 4 is 5.97 Å². The summed E-state index contributed by atoms with van der Waals surface area (Å²) in [5.41, 5.74) is 0. The SMILES string of the molecule is CC(=O)O.CCCC/C=C/CCCCCCCC. The molecule has 0 aliphatic heterocycles. The monoisotopic (exact) mass is 256 g/mol. The van der Waals surface area contributed by atoms with Crippen molar-refractivity contribution in [1.29, 1.82) is 0 Å². The van der Waals surface area contributed by atoms with Crippen molar-refractivity contribution in [2.75, 3.05) is 0 Å². The van der Waals surface area contributed by atoms with Crippen molar-refractivity contribution < 1.29 is 9.90 Å². The molecular weight excluding hydrogens is 224 g/mol. The minimum absolute atomic E-state index is 0.833. The van der Waals surface area contributed by atoms with E-state index in [4.69, 9.17) is 9.90 Å². The van der Waals surface area contributed by atoms with Gasteiger partial charge in [-0.15, -0.1) is 0 Å². The van der Waals surface area contributed by atoms with Crippen LogP contribution in [-0.2, 0) is 4.79 Å². The highest BCUT2D eigenvalue weighted by Crippen LogP contribution is 2.07. The molecule has 0 spiro atoms. The summed E-state index contributed by atoms with van der Waals surface area (Å²) in [7, 11) is 0. The predicted molar refractivity (Wildman–Crippen MR) is 80.0 cm³/mol. The molecule has 0 fully saturated rings. The van der Waals surface area contributed by atoms with E-state index in [0.29, 0.717) is 0 Å². The molecule has 0 unspecified atom stereocenters. The van der Waals surface area contributed by atoms with Crippen LogP contribution in [0, 0.1) is 0 Å². The van der Waals surface area contributed by atoms with Crippen molar-refractivity contribution in [3.05, 3.63) is 12.2 Å². The molecule has 0 heterocycles. The van der Waals surface area contributed by atoms with Gasteiger partial charge in [0.25, 0.3) is 5.97 Å². The van der Waals surface area contributed by atoms with Gasteiger partial charge in [0.2, 0.25) is 0 Å². The fraction of sp³-hybridized carbons (Fsp3) is 0.812.